The number of hydrogen-bond acceptors (Lipinski definition) is 2. The van der Waals surface area contributed by atoms with Gasteiger partial charge in [-0.05, 0) is 122 Å². The number of aromatic nitrogens is 1. The molecule has 3 heteroatoms. The van der Waals surface area contributed by atoms with E-state index in [1.54, 1.807) is 0 Å². The summed E-state index contributed by atoms with van der Waals surface area (Å²) in [6, 6.07) is 87.8. The lowest BCUT2D eigenvalue weighted by atomic mass is 9.96. The van der Waals surface area contributed by atoms with E-state index in [1.807, 2.05) is 6.07 Å². The van der Waals surface area contributed by atoms with Crippen LogP contribution in [0.5, 0.6) is 0 Å². The predicted octanol–water partition coefficient (Wildman–Crippen LogP) is 17.5. The molecular formula is C62H40N2O. The van der Waals surface area contributed by atoms with Gasteiger partial charge in [0.1, 0.15) is 11.2 Å². The Hall–Kier alpha value is -8.66. The Bertz CT molecular complexity index is 3910. The SMILES string of the molecule is c1cc(-c2ccc3c(ccc4ccccc43)c2)cc(N(c2ccc(-c3cccc(-n4c5ccccc5c5ccccc54)c3)cc2)c2ccccc2-c2cccc3oc4ccccc4c23)c1. The molecule has 65 heavy (non-hydrogen) atoms. The Morgan fingerprint density at radius 2 is 0.908 bits per heavy atom. The van der Waals surface area contributed by atoms with Crippen molar-refractivity contribution >= 4 is 82.4 Å². The predicted molar refractivity (Wildman–Crippen MR) is 274 cm³/mol. The number of furan rings is 1. The number of benzene rings is 11. The first-order valence-electron chi connectivity index (χ1n) is 22.2. The third-order valence-electron chi connectivity index (χ3n) is 13.2. The lowest BCUT2D eigenvalue weighted by Gasteiger charge is -2.28. The summed E-state index contributed by atoms with van der Waals surface area (Å²) in [4.78, 5) is 2.41. The topological polar surface area (TPSA) is 21.3 Å². The molecule has 0 aliphatic carbocycles. The fourth-order valence-corrected chi connectivity index (χ4v) is 10.2. The highest BCUT2D eigenvalue weighted by Gasteiger charge is 2.21. The van der Waals surface area contributed by atoms with Crippen molar-refractivity contribution in [3.63, 3.8) is 0 Å². The van der Waals surface area contributed by atoms with Gasteiger partial charge in [-0.1, -0.05) is 170 Å². The van der Waals surface area contributed by atoms with Gasteiger partial charge in [-0.25, -0.2) is 0 Å². The van der Waals surface area contributed by atoms with Crippen LogP contribution in [0.15, 0.2) is 247 Å². The molecule has 3 nitrogen and oxygen atoms in total. The van der Waals surface area contributed by atoms with Gasteiger partial charge in [-0.3, -0.25) is 0 Å². The fourth-order valence-electron chi connectivity index (χ4n) is 10.2. The Morgan fingerprint density at radius 1 is 0.323 bits per heavy atom. The van der Waals surface area contributed by atoms with Crippen molar-refractivity contribution in [2.45, 2.75) is 0 Å². The summed E-state index contributed by atoms with van der Waals surface area (Å²) in [5.41, 5.74) is 15.4. The summed E-state index contributed by atoms with van der Waals surface area (Å²) >= 11 is 0. The molecule has 11 aromatic carbocycles. The van der Waals surface area contributed by atoms with Gasteiger partial charge in [0.15, 0.2) is 0 Å². The standard InChI is InChI=1S/C62H40N2O/c1-2-19-50-42(14-1)30-31-46-38-45(34-37-51(46)50)44-16-12-17-48(40-44)63(57-25-7-5-22-54(57)55-24-13-29-61-62(55)56-23-6-10-28-60(56)65-61)47-35-32-41(33-36-47)43-15-11-18-49(39-43)64-58-26-8-3-20-52(58)53-21-4-9-27-59(53)64/h1-40H. The second-order valence-corrected chi connectivity index (χ2v) is 16.9. The summed E-state index contributed by atoms with van der Waals surface area (Å²) < 4.78 is 8.80. The maximum atomic E-state index is 6.42. The second-order valence-electron chi connectivity index (χ2n) is 16.9. The summed E-state index contributed by atoms with van der Waals surface area (Å²) in [5, 5.41) is 9.76. The Kier molecular flexibility index (Phi) is 8.53. The van der Waals surface area contributed by atoms with Crippen LogP contribution < -0.4 is 4.90 Å². The third-order valence-corrected chi connectivity index (χ3v) is 13.2. The first-order chi connectivity index (χ1) is 32.2. The molecule has 0 saturated heterocycles. The molecule has 0 spiro atoms. The molecule has 0 radical (unpaired) electrons. The Balaban J connectivity index is 0.956. The Labute approximate surface area is 376 Å². The average Bonchev–Trinajstić information content (AvgIpc) is 3.93. The molecule has 304 valence electrons. The molecule has 2 aromatic heterocycles. The average molecular weight is 829 g/mol. The fraction of sp³-hybridized carbons (Fsp3) is 0. The minimum Gasteiger partial charge on any atom is -0.456 e. The molecule has 13 rings (SSSR count). The highest BCUT2D eigenvalue weighted by atomic mass is 16.3. The normalized spacial score (nSPS) is 11.7. The third kappa shape index (κ3) is 6.12. The van der Waals surface area contributed by atoms with Crippen LogP contribution in [0.4, 0.5) is 17.1 Å². The minimum atomic E-state index is 0.878. The van der Waals surface area contributed by atoms with Gasteiger partial charge in [0.2, 0.25) is 0 Å². The van der Waals surface area contributed by atoms with Crippen molar-refractivity contribution in [1.82, 2.24) is 4.57 Å². The lowest BCUT2D eigenvalue weighted by molar-refractivity contribution is 0.669. The van der Waals surface area contributed by atoms with Gasteiger partial charge in [0, 0.05) is 44.2 Å². The number of para-hydroxylation sites is 4. The van der Waals surface area contributed by atoms with Gasteiger partial charge in [-0.15, -0.1) is 0 Å². The summed E-state index contributed by atoms with van der Waals surface area (Å²) in [6.07, 6.45) is 0. The van der Waals surface area contributed by atoms with Crippen LogP contribution >= 0.6 is 0 Å². The van der Waals surface area contributed by atoms with E-state index in [0.717, 1.165) is 72.5 Å². The van der Waals surface area contributed by atoms with E-state index in [4.69, 9.17) is 4.42 Å². The maximum absolute atomic E-state index is 6.42. The van der Waals surface area contributed by atoms with Gasteiger partial charge in [-0.2, -0.15) is 0 Å². The van der Waals surface area contributed by atoms with Crippen molar-refractivity contribution in [3.05, 3.63) is 243 Å². The molecule has 0 atom stereocenters. The van der Waals surface area contributed by atoms with Crippen LogP contribution in [0.1, 0.15) is 0 Å². The van der Waals surface area contributed by atoms with Crippen molar-refractivity contribution in [3.8, 4) is 39.1 Å². The number of nitrogens with zero attached hydrogens (tertiary/aromatic N) is 2. The zero-order chi connectivity index (χ0) is 42.8. The zero-order valence-electron chi connectivity index (χ0n) is 35.4. The number of anilines is 3. The van der Waals surface area contributed by atoms with Crippen molar-refractivity contribution in [1.29, 1.82) is 0 Å². The molecule has 0 bridgehead atoms. The maximum Gasteiger partial charge on any atom is 0.136 e. The lowest BCUT2D eigenvalue weighted by Crippen LogP contribution is -2.11. The smallest absolute Gasteiger partial charge is 0.136 e. The number of rotatable bonds is 7. The van der Waals surface area contributed by atoms with Crippen LogP contribution in [-0.4, -0.2) is 4.57 Å². The molecule has 0 aliphatic rings. The molecule has 13 aromatic rings. The van der Waals surface area contributed by atoms with Crippen LogP contribution in [0.3, 0.4) is 0 Å². The summed E-state index contributed by atoms with van der Waals surface area (Å²) in [5.74, 6) is 0. The largest absolute Gasteiger partial charge is 0.456 e. The summed E-state index contributed by atoms with van der Waals surface area (Å²) in [6.45, 7) is 0. The molecule has 0 aliphatic heterocycles. The van der Waals surface area contributed by atoms with Gasteiger partial charge >= 0.3 is 0 Å². The number of hydrogen-bond donors (Lipinski definition) is 0. The van der Waals surface area contributed by atoms with E-state index in [-0.39, 0.29) is 0 Å². The second kappa shape index (κ2) is 15.0. The van der Waals surface area contributed by atoms with Crippen LogP contribution in [0, 0.1) is 0 Å². The van der Waals surface area contributed by atoms with Crippen LogP contribution in [0.2, 0.25) is 0 Å². The quantitative estimate of drug-likeness (QED) is 0.149. The van der Waals surface area contributed by atoms with Gasteiger partial charge < -0.3 is 13.9 Å². The zero-order valence-corrected chi connectivity index (χ0v) is 35.4. The minimum absolute atomic E-state index is 0.878. The van der Waals surface area contributed by atoms with E-state index in [9.17, 15) is 0 Å². The Morgan fingerprint density at radius 3 is 1.74 bits per heavy atom. The van der Waals surface area contributed by atoms with E-state index in [0.29, 0.717) is 0 Å². The van der Waals surface area contributed by atoms with E-state index < -0.39 is 0 Å². The van der Waals surface area contributed by atoms with Gasteiger partial charge in [0.05, 0.1) is 16.7 Å². The molecular weight excluding hydrogens is 789 g/mol. The highest BCUT2D eigenvalue weighted by molar-refractivity contribution is 6.14. The monoisotopic (exact) mass is 828 g/mol. The van der Waals surface area contributed by atoms with Crippen LogP contribution in [0.25, 0.3) is 104 Å². The van der Waals surface area contributed by atoms with Crippen molar-refractivity contribution < 1.29 is 4.42 Å². The first-order valence-corrected chi connectivity index (χ1v) is 22.2. The van der Waals surface area contributed by atoms with E-state index >= 15 is 0 Å². The molecule has 2 heterocycles. The first kappa shape index (κ1) is 36.9. The van der Waals surface area contributed by atoms with Gasteiger partial charge in [0.25, 0.3) is 0 Å². The van der Waals surface area contributed by atoms with Crippen molar-refractivity contribution in [2.24, 2.45) is 0 Å². The molecule has 0 fully saturated rings. The number of fused-ring (bicyclic) bond motifs is 9. The molecule has 0 unspecified atom stereocenters. The highest BCUT2D eigenvalue weighted by Crippen LogP contribution is 2.46. The van der Waals surface area contributed by atoms with Crippen LogP contribution in [-0.2, 0) is 0 Å². The molecule has 0 N–H and O–H groups in total. The molecule has 0 amide bonds. The molecule has 0 saturated carbocycles. The van der Waals surface area contributed by atoms with E-state index in [1.165, 1.54) is 48.9 Å². The van der Waals surface area contributed by atoms with E-state index in [2.05, 4.69) is 246 Å². The summed E-state index contributed by atoms with van der Waals surface area (Å²) in [7, 11) is 0. The van der Waals surface area contributed by atoms with Crippen molar-refractivity contribution in [2.75, 3.05) is 4.90 Å².